The summed E-state index contributed by atoms with van der Waals surface area (Å²) in [6, 6.07) is 8.74. The molecule has 4 rings (SSSR count). The second kappa shape index (κ2) is 4.18. The third-order valence-corrected chi connectivity index (χ3v) is 5.88. The summed E-state index contributed by atoms with van der Waals surface area (Å²) in [5.74, 6) is -0.282. The number of fused-ring (bicyclic) bond motifs is 2. The minimum Gasteiger partial charge on any atom is -0.348 e. The molecular formula is C16H17BrO2. The number of allylic oxidation sites excluding steroid dienone is 1. The van der Waals surface area contributed by atoms with Crippen LogP contribution in [0.2, 0.25) is 0 Å². The summed E-state index contributed by atoms with van der Waals surface area (Å²) >= 11 is 3.81. The molecule has 1 aromatic carbocycles. The quantitative estimate of drug-likeness (QED) is 0.719. The van der Waals surface area contributed by atoms with E-state index in [9.17, 15) is 0 Å². The van der Waals surface area contributed by atoms with Crippen molar-refractivity contribution in [3.63, 3.8) is 0 Å². The standard InChI is InChI=1S/C16H17BrO2/c17-14-11-12-3-1-2-4-13(12)15(14)5-7-16(8-6-15)18-9-10-19-16/h1-4,11H,5-10H2. The highest BCUT2D eigenvalue weighted by atomic mass is 79.9. The van der Waals surface area contributed by atoms with Crippen molar-refractivity contribution >= 4 is 22.0 Å². The molecule has 19 heavy (non-hydrogen) atoms. The fourth-order valence-corrected chi connectivity index (χ4v) is 4.67. The minimum atomic E-state index is -0.282. The lowest BCUT2D eigenvalue weighted by Gasteiger charge is -2.42. The molecule has 3 heteroatoms. The van der Waals surface area contributed by atoms with Gasteiger partial charge in [-0.05, 0) is 30.0 Å². The first-order valence-corrected chi connectivity index (χ1v) is 7.79. The van der Waals surface area contributed by atoms with Crippen LogP contribution in [0, 0.1) is 0 Å². The van der Waals surface area contributed by atoms with Gasteiger partial charge in [-0.15, -0.1) is 0 Å². The first-order chi connectivity index (χ1) is 9.24. The van der Waals surface area contributed by atoms with Gasteiger partial charge in [0, 0.05) is 22.7 Å². The van der Waals surface area contributed by atoms with E-state index < -0.39 is 0 Å². The van der Waals surface area contributed by atoms with E-state index in [-0.39, 0.29) is 11.2 Å². The highest BCUT2D eigenvalue weighted by molar-refractivity contribution is 9.11. The maximum absolute atomic E-state index is 5.85. The van der Waals surface area contributed by atoms with Gasteiger partial charge < -0.3 is 9.47 Å². The maximum atomic E-state index is 5.85. The maximum Gasteiger partial charge on any atom is 0.168 e. The van der Waals surface area contributed by atoms with Gasteiger partial charge >= 0.3 is 0 Å². The van der Waals surface area contributed by atoms with Gasteiger partial charge in [0.1, 0.15) is 0 Å². The Hall–Kier alpha value is -0.640. The molecule has 100 valence electrons. The van der Waals surface area contributed by atoms with E-state index in [0.29, 0.717) is 0 Å². The van der Waals surface area contributed by atoms with E-state index in [1.54, 1.807) is 0 Å². The normalized spacial score (nSPS) is 26.7. The second-order valence-electron chi connectivity index (χ2n) is 5.77. The predicted molar refractivity (Wildman–Crippen MR) is 78.1 cm³/mol. The number of halogens is 1. The first-order valence-electron chi connectivity index (χ1n) is 6.99. The van der Waals surface area contributed by atoms with Crippen molar-refractivity contribution in [3.05, 3.63) is 39.9 Å². The van der Waals surface area contributed by atoms with Crippen LogP contribution in [0.25, 0.3) is 6.08 Å². The Balaban J connectivity index is 1.68. The van der Waals surface area contributed by atoms with Gasteiger partial charge in [-0.1, -0.05) is 40.2 Å². The first kappa shape index (κ1) is 12.1. The number of benzene rings is 1. The molecule has 0 aromatic heterocycles. The summed E-state index contributed by atoms with van der Waals surface area (Å²) in [4.78, 5) is 0. The molecule has 0 bridgehead atoms. The van der Waals surface area contributed by atoms with E-state index in [4.69, 9.17) is 9.47 Å². The Morgan fingerprint density at radius 3 is 2.37 bits per heavy atom. The van der Waals surface area contributed by atoms with Gasteiger partial charge in [-0.3, -0.25) is 0 Å². The van der Waals surface area contributed by atoms with Gasteiger partial charge in [0.25, 0.3) is 0 Å². The monoisotopic (exact) mass is 320 g/mol. The Labute approximate surface area is 121 Å². The molecular weight excluding hydrogens is 304 g/mol. The molecule has 2 spiro atoms. The molecule has 0 radical (unpaired) electrons. The molecule has 1 heterocycles. The summed E-state index contributed by atoms with van der Waals surface area (Å²) in [6.45, 7) is 1.50. The molecule has 2 fully saturated rings. The summed E-state index contributed by atoms with van der Waals surface area (Å²) in [7, 11) is 0. The van der Waals surface area contributed by atoms with Crippen LogP contribution < -0.4 is 0 Å². The minimum absolute atomic E-state index is 0.164. The molecule has 2 nitrogen and oxygen atoms in total. The molecule has 1 saturated carbocycles. The van der Waals surface area contributed by atoms with Gasteiger partial charge in [0.15, 0.2) is 5.79 Å². The lowest BCUT2D eigenvalue weighted by atomic mass is 9.69. The molecule has 2 aliphatic carbocycles. The summed E-state index contributed by atoms with van der Waals surface area (Å²) < 4.78 is 13.0. The highest BCUT2D eigenvalue weighted by Crippen LogP contribution is 2.55. The van der Waals surface area contributed by atoms with E-state index in [1.165, 1.54) is 15.6 Å². The SMILES string of the molecule is BrC1=Cc2ccccc2C12CCC1(CC2)OCCO1. The zero-order valence-corrected chi connectivity index (χ0v) is 12.4. The molecule has 0 amide bonds. The van der Waals surface area contributed by atoms with Crippen molar-refractivity contribution in [1.29, 1.82) is 0 Å². The Bertz CT molecular complexity index is 533. The van der Waals surface area contributed by atoms with Gasteiger partial charge in [0.05, 0.1) is 13.2 Å². The number of rotatable bonds is 0. The van der Waals surface area contributed by atoms with Crippen molar-refractivity contribution in [3.8, 4) is 0 Å². The molecule has 3 aliphatic rings. The van der Waals surface area contributed by atoms with Crippen LogP contribution in [0.5, 0.6) is 0 Å². The molecule has 0 N–H and O–H groups in total. The van der Waals surface area contributed by atoms with Gasteiger partial charge in [-0.2, -0.15) is 0 Å². The van der Waals surface area contributed by atoms with Crippen LogP contribution in [0.4, 0.5) is 0 Å². The van der Waals surface area contributed by atoms with Crippen molar-refractivity contribution in [2.75, 3.05) is 13.2 Å². The average molecular weight is 321 g/mol. The van der Waals surface area contributed by atoms with Crippen LogP contribution in [0.3, 0.4) is 0 Å². The van der Waals surface area contributed by atoms with Crippen LogP contribution in [0.15, 0.2) is 28.7 Å². The molecule has 0 unspecified atom stereocenters. The van der Waals surface area contributed by atoms with Crippen LogP contribution in [0.1, 0.15) is 36.8 Å². The smallest absolute Gasteiger partial charge is 0.168 e. The lowest BCUT2D eigenvalue weighted by Crippen LogP contribution is -2.41. The van der Waals surface area contributed by atoms with E-state index >= 15 is 0 Å². The molecule has 0 atom stereocenters. The van der Waals surface area contributed by atoms with E-state index in [2.05, 4.69) is 46.3 Å². The lowest BCUT2D eigenvalue weighted by molar-refractivity contribution is -0.182. The second-order valence-corrected chi connectivity index (χ2v) is 6.62. The topological polar surface area (TPSA) is 18.5 Å². The average Bonchev–Trinajstić information content (AvgIpc) is 2.99. The number of hydrogen-bond acceptors (Lipinski definition) is 2. The molecule has 1 aliphatic heterocycles. The summed E-state index contributed by atoms with van der Waals surface area (Å²) in [6.07, 6.45) is 6.46. The van der Waals surface area contributed by atoms with E-state index in [1.807, 2.05) is 0 Å². The van der Waals surface area contributed by atoms with Gasteiger partial charge in [-0.25, -0.2) is 0 Å². The summed E-state index contributed by atoms with van der Waals surface area (Å²) in [5.41, 5.74) is 2.99. The molecule has 1 aromatic rings. The van der Waals surface area contributed by atoms with Gasteiger partial charge in [0.2, 0.25) is 0 Å². The van der Waals surface area contributed by atoms with Crippen molar-refractivity contribution < 1.29 is 9.47 Å². The highest BCUT2D eigenvalue weighted by Gasteiger charge is 2.50. The third-order valence-electron chi connectivity index (χ3n) is 4.89. The number of hydrogen-bond donors (Lipinski definition) is 0. The Morgan fingerprint density at radius 2 is 1.63 bits per heavy atom. The fourth-order valence-electron chi connectivity index (χ4n) is 3.81. The van der Waals surface area contributed by atoms with Crippen LogP contribution in [-0.4, -0.2) is 19.0 Å². The van der Waals surface area contributed by atoms with E-state index in [0.717, 1.165) is 38.9 Å². The zero-order chi connectivity index (χ0) is 12.9. The third kappa shape index (κ3) is 1.68. The zero-order valence-electron chi connectivity index (χ0n) is 10.8. The van der Waals surface area contributed by atoms with Crippen LogP contribution >= 0.6 is 15.9 Å². The number of ether oxygens (including phenoxy) is 2. The summed E-state index contributed by atoms with van der Waals surface area (Å²) in [5, 5.41) is 0. The van der Waals surface area contributed by atoms with Crippen molar-refractivity contribution in [1.82, 2.24) is 0 Å². The Kier molecular flexibility index (Phi) is 2.66. The van der Waals surface area contributed by atoms with Crippen molar-refractivity contribution in [2.24, 2.45) is 0 Å². The predicted octanol–water partition coefficient (Wildman–Crippen LogP) is 3.99. The van der Waals surface area contributed by atoms with Crippen LogP contribution in [-0.2, 0) is 14.9 Å². The van der Waals surface area contributed by atoms with Crippen molar-refractivity contribution in [2.45, 2.75) is 36.9 Å². The Morgan fingerprint density at radius 1 is 0.947 bits per heavy atom. The largest absolute Gasteiger partial charge is 0.348 e. The molecule has 1 saturated heterocycles. The fraction of sp³-hybridized carbons (Fsp3) is 0.500.